The minimum atomic E-state index is -1.34. The van der Waals surface area contributed by atoms with Crippen LogP contribution in [0.3, 0.4) is 0 Å². The number of benzene rings is 1. The topological polar surface area (TPSA) is 102 Å². The van der Waals surface area contributed by atoms with Crippen molar-refractivity contribution in [2.75, 3.05) is 13.7 Å². The number of rotatable bonds is 5. The molecule has 0 fully saturated rings. The molecule has 3 rings (SSSR count). The Morgan fingerprint density at radius 2 is 1.88 bits per heavy atom. The molecule has 3 aromatic rings. The molecular weight excluding hydrogens is 316 g/mol. The SMILES string of the molecule is COc1c2ccoc2c(OC[C@@H](O)C(C)(C)O)c2oc(=O)ccc12. The molecule has 2 N–H and O–H groups in total. The van der Waals surface area contributed by atoms with Crippen LogP contribution < -0.4 is 15.1 Å². The molecule has 0 spiro atoms. The van der Waals surface area contributed by atoms with Crippen LogP contribution in [0.25, 0.3) is 21.9 Å². The summed E-state index contributed by atoms with van der Waals surface area (Å²) in [6.07, 6.45) is 0.318. The molecule has 0 unspecified atom stereocenters. The van der Waals surface area contributed by atoms with Crippen molar-refractivity contribution in [2.45, 2.75) is 25.6 Å². The van der Waals surface area contributed by atoms with Crippen molar-refractivity contribution in [3.05, 3.63) is 34.9 Å². The van der Waals surface area contributed by atoms with Gasteiger partial charge >= 0.3 is 5.63 Å². The number of aliphatic hydroxyl groups excluding tert-OH is 1. The van der Waals surface area contributed by atoms with Gasteiger partial charge < -0.3 is 28.5 Å². The summed E-state index contributed by atoms with van der Waals surface area (Å²) in [6.45, 7) is 2.73. The normalized spacial score (nSPS) is 13.4. The standard InChI is InChI=1S/C17H18O7/c1-17(2,20)11(18)8-23-16-14-10(6-7-22-14)13(21-3)9-4-5-12(19)24-15(9)16/h4-7,11,18,20H,8H2,1-3H3/t11-/m1/s1. The Bertz CT molecular complexity index is 930. The minimum absolute atomic E-state index is 0.157. The molecule has 1 atom stereocenters. The summed E-state index contributed by atoms with van der Waals surface area (Å²) in [4.78, 5) is 11.6. The smallest absolute Gasteiger partial charge is 0.336 e. The maximum atomic E-state index is 11.6. The molecule has 24 heavy (non-hydrogen) atoms. The summed E-state index contributed by atoms with van der Waals surface area (Å²) in [7, 11) is 1.50. The van der Waals surface area contributed by atoms with E-state index in [1.54, 1.807) is 12.1 Å². The molecule has 2 aromatic heterocycles. The van der Waals surface area contributed by atoms with E-state index >= 15 is 0 Å². The third-order valence-corrected chi connectivity index (χ3v) is 3.81. The van der Waals surface area contributed by atoms with E-state index in [2.05, 4.69) is 0 Å². The molecule has 0 saturated carbocycles. The van der Waals surface area contributed by atoms with Crippen LogP contribution in [-0.2, 0) is 0 Å². The quantitative estimate of drug-likeness (QED) is 0.688. The average molecular weight is 334 g/mol. The van der Waals surface area contributed by atoms with Crippen molar-refractivity contribution in [3.8, 4) is 11.5 Å². The highest BCUT2D eigenvalue weighted by molar-refractivity contribution is 6.06. The maximum absolute atomic E-state index is 11.6. The lowest BCUT2D eigenvalue weighted by Gasteiger charge is -2.24. The third kappa shape index (κ3) is 2.72. The van der Waals surface area contributed by atoms with Gasteiger partial charge in [-0.3, -0.25) is 0 Å². The highest BCUT2D eigenvalue weighted by atomic mass is 16.5. The van der Waals surface area contributed by atoms with Gasteiger partial charge in [-0.15, -0.1) is 0 Å². The Labute approximate surface area is 137 Å². The zero-order valence-electron chi connectivity index (χ0n) is 13.5. The Morgan fingerprint density at radius 1 is 1.17 bits per heavy atom. The van der Waals surface area contributed by atoms with Crippen LogP contribution in [0, 0.1) is 0 Å². The van der Waals surface area contributed by atoms with Crippen molar-refractivity contribution in [1.29, 1.82) is 0 Å². The van der Waals surface area contributed by atoms with E-state index in [1.165, 1.54) is 33.3 Å². The molecule has 0 amide bonds. The largest absolute Gasteiger partial charge is 0.495 e. The first-order chi connectivity index (χ1) is 11.3. The van der Waals surface area contributed by atoms with E-state index < -0.39 is 17.3 Å². The summed E-state index contributed by atoms with van der Waals surface area (Å²) in [5.74, 6) is 0.666. The zero-order valence-corrected chi connectivity index (χ0v) is 13.5. The number of hydrogen-bond acceptors (Lipinski definition) is 7. The second-order valence-electron chi connectivity index (χ2n) is 6.00. The van der Waals surface area contributed by atoms with Crippen molar-refractivity contribution < 1.29 is 28.5 Å². The van der Waals surface area contributed by atoms with E-state index in [4.69, 9.17) is 18.3 Å². The van der Waals surface area contributed by atoms with Gasteiger partial charge in [0.25, 0.3) is 0 Å². The maximum Gasteiger partial charge on any atom is 0.336 e. The lowest BCUT2D eigenvalue weighted by molar-refractivity contribution is -0.0660. The number of methoxy groups -OCH3 is 1. The van der Waals surface area contributed by atoms with Crippen molar-refractivity contribution in [3.63, 3.8) is 0 Å². The molecule has 128 valence electrons. The molecule has 7 heteroatoms. The van der Waals surface area contributed by atoms with Crippen LogP contribution in [0.15, 0.2) is 38.1 Å². The van der Waals surface area contributed by atoms with Crippen LogP contribution in [0.5, 0.6) is 11.5 Å². The zero-order chi connectivity index (χ0) is 17.5. The number of ether oxygens (including phenoxy) is 2. The summed E-state index contributed by atoms with van der Waals surface area (Å²) < 4.78 is 21.8. The van der Waals surface area contributed by atoms with Gasteiger partial charge in [0.15, 0.2) is 11.2 Å². The fraction of sp³-hybridized carbons (Fsp3) is 0.353. The van der Waals surface area contributed by atoms with Crippen molar-refractivity contribution >= 4 is 21.9 Å². The van der Waals surface area contributed by atoms with Crippen LogP contribution in [-0.4, -0.2) is 35.6 Å². The van der Waals surface area contributed by atoms with Crippen LogP contribution in [0.4, 0.5) is 0 Å². The number of hydrogen-bond donors (Lipinski definition) is 2. The highest BCUT2D eigenvalue weighted by Crippen LogP contribution is 2.42. The average Bonchev–Trinajstić information content (AvgIpc) is 2.99. The molecule has 7 nitrogen and oxygen atoms in total. The van der Waals surface area contributed by atoms with E-state index in [0.29, 0.717) is 22.1 Å². The van der Waals surface area contributed by atoms with Crippen LogP contribution >= 0.6 is 0 Å². The molecule has 0 radical (unpaired) electrons. The van der Waals surface area contributed by atoms with Crippen LogP contribution in [0.1, 0.15) is 13.8 Å². The van der Waals surface area contributed by atoms with Gasteiger partial charge in [-0.05, 0) is 26.0 Å². The minimum Gasteiger partial charge on any atom is -0.495 e. The van der Waals surface area contributed by atoms with E-state index in [1.807, 2.05) is 0 Å². The Morgan fingerprint density at radius 3 is 2.54 bits per heavy atom. The predicted octanol–water partition coefficient (Wildman–Crippen LogP) is 2.06. The van der Waals surface area contributed by atoms with Crippen molar-refractivity contribution in [2.24, 2.45) is 0 Å². The Kier molecular flexibility index (Phi) is 3.98. The van der Waals surface area contributed by atoms with Gasteiger partial charge in [0, 0.05) is 6.07 Å². The molecule has 1 aromatic carbocycles. The molecular formula is C17H18O7. The van der Waals surface area contributed by atoms with E-state index in [-0.39, 0.29) is 17.9 Å². The Hall–Kier alpha value is -2.51. The highest BCUT2D eigenvalue weighted by Gasteiger charge is 2.27. The fourth-order valence-corrected chi connectivity index (χ4v) is 2.39. The molecule has 0 aliphatic heterocycles. The van der Waals surface area contributed by atoms with E-state index in [0.717, 1.165) is 0 Å². The summed E-state index contributed by atoms with van der Waals surface area (Å²) in [6, 6.07) is 4.57. The lowest BCUT2D eigenvalue weighted by atomic mass is 10.0. The molecule has 0 saturated heterocycles. The molecule has 2 heterocycles. The second-order valence-corrected chi connectivity index (χ2v) is 6.00. The number of aliphatic hydroxyl groups is 2. The molecule has 0 bridgehead atoms. The molecule has 0 aliphatic carbocycles. The predicted molar refractivity (Wildman–Crippen MR) is 86.6 cm³/mol. The van der Waals surface area contributed by atoms with Gasteiger partial charge in [-0.2, -0.15) is 0 Å². The summed E-state index contributed by atoms with van der Waals surface area (Å²) in [5, 5.41) is 21.0. The van der Waals surface area contributed by atoms with Gasteiger partial charge in [0.1, 0.15) is 18.5 Å². The van der Waals surface area contributed by atoms with Gasteiger partial charge in [-0.25, -0.2) is 4.79 Å². The lowest BCUT2D eigenvalue weighted by Crippen LogP contribution is -2.40. The third-order valence-electron chi connectivity index (χ3n) is 3.81. The first kappa shape index (κ1) is 16.4. The Balaban J connectivity index is 2.19. The van der Waals surface area contributed by atoms with Gasteiger partial charge in [0.2, 0.25) is 5.75 Å². The first-order valence-corrected chi connectivity index (χ1v) is 7.37. The van der Waals surface area contributed by atoms with Gasteiger partial charge in [0.05, 0.1) is 29.7 Å². The fourth-order valence-electron chi connectivity index (χ4n) is 2.39. The van der Waals surface area contributed by atoms with Gasteiger partial charge in [-0.1, -0.05) is 0 Å². The first-order valence-electron chi connectivity index (χ1n) is 7.37. The summed E-state index contributed by atoms with van der Waals surface area (Å²) in [5.41, 5.74) is -1.41. The molecule has 0 aliphatic rings. The summed E-state index contributed by atoms with van der Waals surface area (Å²) >= 11 is 0. The van der Waals surface area contributed by atoms with E-state index in [9.17, 15) is 15.0 Å². The number of fused-ring (bicyclic) bond motifs is 2. The van der Waals surface area contributed by atoms with Crippen molar-refractivity contribution in [1.82, 2.24) is 0 Å². The monoisotopic (exact) mass is 334 g/mol. The second kappa shape index (κ2) is 5.85. The number of furan rings is 1. The van der Waals surface area contributed by atoms with Crippen LogP contribution in [0.2, 0.25) is 0 Å².